The van der Waals surface area contributed by atoms with E-state index in [0.29, 0.717) is 23.7 Å². The first-order chi connectivity index (χ1) is 28.2. The van der Waals surface area contributed by atoms with Crippen molar-refractivity contribution in [3.05, 3.63) is 222 Å². The fourth-order valence-corrected chi connectivity index (χ4v) is 6.50. The summed E-state index contributed by atoms with van der Waals surface area (Å²) in [5.74, 6) is 5.72. The molecule has 2 unspecified atom stereocenters. The molecule has 3 aromatic carbocycles. The average Bonchev–Trinajstić information content (AvgIpc) is 3.20. The van der Waals surface area contributed by atoms with Gasteiger partial charge in [0.2, 0.25) is 0 Å². The summed E-state index contributed by atoms with van der Waals surface area (Å²) < 4.78 is 0. The number of aryl methyl sites for hydroxylation is 3. The zero-order valence-corrected chi connectivity index (χ0v) is 54.3. The van der Waals surface area contributed by atoms with Crippen LogP contribution in [0.15, 0.2) is 144 Å². The monoisotopic (exact) mass is 1210 g/mol. The van der Waals surface area contributed by atoms with E-state index in [0.717, 1.165) is 23.7 Å². The molecule has 396 valence electrons. The Morgan fingerprint density at radius 3 is 1.01 bits per heavy atom. The summed E-state index contributed by atoms with van der Waals surface area (Å²) >= 11 is 0. The molecule has 0 saturated heterocycles. The van der Waals surface area contributed by atoms with Gasteiger partial charge in [0.1, 0.15) is 0 Å². The molecule has 3 aromatic rings. The fraction of sp³-hybridized carbons (Fsp3) is 0.455. The van der Waals surface area contributed by atoms with Crippen molar-refractivity contribution in [2.24, 2.45) is 29.6 Å². The normalized spacial score (nSPS) is 14.6. The van der Waals surface area contributed by atoms with Crippen LogP contribution in [-0.4, -0.2) is 0 Å². The third-order valence-corrected chi connectivity index (χ3v) is 11.5. The van der Waals surface area contributed by atoms with Crippen LogP contribution in [0.3, 0.4) is 0 Å². The van der Waals surface area contributed by atoms with Crippen LogP contribution in [0.1, 0.15) is 181 Å². The van der Waals surface area contributed by atoms with E-state index in [-0.39, 0.29) is 103 Å². The zero-order chi connectivity index (χ0) is 45.4. The molecule has 0 fully saturated rings. The van der Waals surface area contributed by atoms with Crippen molar-refractivity contribution >= 4 is 0 Å². The van der Waals surface area contributed by atoms with E-state index in [4.69, 9.17) is 0 Å². The van der Waals surface area contributed by atoms with Crippen LogP contribution in [0.2, 0.25) is 0 Å². The van der Waals surface area contributed by atoms with Gasteiger partial charge in [0, 0.05) is 0 Å². The van der Waals surface area contributed by atoms with Crippen LogP contribution in [-0.2, 0) is 58.4 Å². The minimum atomic E-state index is 0. The smallest absolute Gasteiger partial charge is 0.358 e. The molecule has 0 amide bonds. The molecular formula is C66H108Ru3. The van der Waals surface area contributed by atoms with Crippen molar-refractivity contribution < 1.29 is 58.4 Å². The van der Waals surface area contributed by atoms with Gasteiger partial charge in [-0.2, -0.15) is 0 Å². The third-order valence-electron chi connectivity index (χ3n) is 11.5. The second-order valence-corrected chi connectivity index (χ2v) is 19.5. The van der Waals surface area contributed by atoms with E-state index >= 15 is 0 Å². The van der Waals surface area contributed by atoms with Crippen LogP contribution in [0, 0.1) is 94.9 Å². The Bertz CT molecular complexity index is 1670. The summed E-state index contributed by atoms with van der Waals surface area (Å²) in [7, 11) is 0. The summed E-state index contributed by atoms with van der Waals surface area (Å²) in [6.07, 6.45) is 23.3. The van der Waals surface area contributed by atoms with Crippen molar-refractivity contribution in [2.75, 3.05) is 0 Å². The van der Waals surface area contributed by atoms with Gasteiger partial charge >= 0.3 is 58.4 Å². The Hall–Kier alpha value is -2.03. The molecule has 3 aliphatic rings. The van der Waals surface area contributed by atoms with Crippen molar-refractivity contribution in [1.82, 2.24) is 0 Å². The van der Waals surface area contributed by atoms with Gasteiger partial charge in [-0.25, -0.2) is 0 Å². The van der Waals surface area contributed by atoms with Crippen molar-refractivity contribution in [2.45, 2.75) is 168 Å². The van der Waals surface area contributed by atoms with Crippen molar-refractivity contribution in [1.29, 1.82) is 0 Å². The van der Waals surface area contributed by atoms with Crippen molar-refractivity contribution in [3.8, 4) is 0 Å². The maximum atomic E-state index is 2.36. The number of benzene rings is 3. The van der Waals surface area contributed by atoms with Gasteiger partial charge in [-0.15, -0.1) is 0 Å². The van der Waals surface area contributed by atoms with Crippen LogP contribution in [0.4, 0.5) is 0 Å². The predicted octanol–water partition coefficient (Wildman–Crippen LogP) is 21.7. The maximum Gasteiger partial charge on any atom is 2.00 e. The molecule has 0 nitrogen and oxygen atoms in total. The standard InChI is InChI=1S/3C10H16.3C10H14.6CH3.3Ru/c6*1-8(2)10-6-4-9(3)5-7-10;;;;;;;;;/h4,6,8H,5,7H2,1-3H3;4,6-9H,5H2,1-3H3;4-6,8,10H,7H2,1-3H3;3*4-8H,1-3H3;6*1H3;;;/q;;;;;;6*-1;3*+2. The molecule has 0 radical (unpaired) electrons. The summed E-state index contributed by atoms with van der Waals surface area (Å²) in [5, 5.41) is 0. The Kier molecular flexibility index (Phi) is 60.6. The maximum absolute atomic E-state index is 2.36. The van der Waals surface area contributed by atoms with E-state index in [2.05, 4.69) is 246 Å². The largest absolute Gasteiger partial charge is 2.00 e. The average molecular weight is 1200 g/mol. The summed E-state index contributed by atoms with van der Waals surface area (Å²) in [4.78, 5) is 0. The summed E-state index contributed by atoms with van der Waals surface area (Å²) in [5.41, 5.74) is 14.3. The van der Waals surface area contributed by atoms with Gasteiger partial charge in [0.25, 0.3) is 0 Å². The first-order valence-corrected chi connectivity index (χ1v) is 23.5. The number of hydrogen-bond acceptors (Lipinski definition) is 0. The van der Waals surface area contributed by atoms with Crippen LogP contribution >= 0.6 is 0 Å². The van der Waals surface area contributed by atoms with E-state index in [1.54, 1.807) is 5.57 Å². The molecule has 69 heavy (non-hydrogen) atoms. The topological polar surface area (TPSA) is 0 Å². The second-order valence-electron chi connectivity index (χ2n) is 19.5. The third kappa shape index (κ3) is 40.2. The SMILES string of the molecule is CC1=CC=C(C(C)C)CC1.CC1=CCC(C(C)C)C=C1.CC1C=CC(C(C)C)=CC1.Cc1ccc(C(C)C)cc1.Cc1ccc(C(C)C)cc1.Cc1ccc(C(C)C)cc1.[CH3-].[CH3-].[CH3-].[CH3-].[CH3-].[CH3-].[Ru+2].[Ru+2].[Ru+2]. The number of allylic oxidation sites excluding steroid dienone is 12. The van der Waals surface area contributed by atoms with Gasteiger partial charge in [-0.1, -0.05) is 245 Å². The Balaban J connectivity index is -0.0000000872. The molecule has 0 aromatic heterocycles. The van der Waals surface area contributed by atoms with Gasteiger partial charge < -0.3 is 44.6 Å². The van der Waals surface area contributed by atoms with Gasteiger partial charge in [0.15, 0.2) is 0 Å². The van der Waals surface area contributed by atoms with Gasteiger partial charge in [-0.05, 0) is 130 Å². The molecular weight excluding hydrogens is 1100 g/mol. The first-order valence-electron chi connectivity index (χ1n) is 23.5. The fourth-order valence-electron chi connectivity index (χ4n) is 6.50. The van der Waals surface area contributed by atoms with Gasteiger partial charge in [-0.3, -0.25) is 0 Å². The Labute approximate surface area is 474 Å². The minimum Gasteiger partial charge on any atom is -0.358 e. The van der Waals surface area contributed by atoms with E-state index < -0.39 is 0 Å². The quantitative estimate of drug-likeness (QED) is 0.170. The summed E-state index contributed by atoms with van der Waals surface area (Å²) in [6.45, 7) is 39.8. The van der Waals surface area contributed by atoms with Crippen LogP contribution in [0.5, 0.6) is 0 Å². The molecule has 0 bridgehead atoms. The first kappa shape index (κ1) is 86.7. The van der Waals surface area contributed by atoms with E-state index in [9.17, 15) is 0 Å². The van der Waals surface area contributed by atoms with Gasteiger partial charge in [0.05, 0.1) is 0 Å². The molecule has 0 heterocycles. The molecule has 3 aliphatic carbocycles. The Morgan fingerprint density at radius 1 is 0.406 bits per heavy atom. The molecule has 0 saturated carbocycles. The molecule has 2 atom stereocenters. The van der Waals surface area contributed by atoms with Crippen LogP contribution in [0.25, 0.3) is 0 Å². The van der Waals surface area contributed by atoms with E-state index in [1.807, 2.05) is 0 Å². The molecule has 0 aliphatic heterocycles. The molecule has 6 rings (SSSR count). The zero-order valence-electron chi connectivity index (χ0n) is 49.1. The van der Waals surface area contributed by atoms with E-state index in [1.165, 1.54) is 75.8 Å². The molecule has 3 heteroatoms. The predicted molar refractivity (Wildman–Crippen MR) is 312 cm³/mol. The second kappa shape index (κ2) is 48.2. The molecule has 0 spiro atoms. The minimum absolute atomic E-state index is 0. The van der Waals surface area contributed by atoms with Crippen molar-refractivity contribution in [3.63, 3.8) is 0 Å². The summed E-state index contributed by atoms with van der Waals surface area (Å²) in [6, 6.07) is 26.1. The Morgan fingerprint density at radius 2 is 0.783 bits per heavy atom. The number of hydrogen-bond donors (Lipinski definition) is 0. The number of rotatable bonds is 6. The van der Waals surface area contributed by atoms with Crippen LogP contribution < -0.4 is 0 Å². The molecule has 0 N–H and O–H groups in total.